The first-order chi connectivity index (χ1) is 12.3. The summed E-state index contributed by atoms with van der Waals surface area (Å²) in [6.07, 6.45) is 2.87. The molecule has 1 aliphatic carbocycles. The monoisotopic (exact) mass is 392 g/mol. The molecule has 1 aliphatic rings. The van der Waals surface area contributed by atoms with Crippen molar-refractivity contribution in [1.29, 1.82) is 0 Å². The van der Waals surface area contributed by atoms with Crippen molar-refractivity contribution in [3.63, 3.8) is 0 Å². The van der Waals surface area contributed by atoms with E-state index in [1.54, 1.807) is 11.3 Å². The van der Waals surface area contributed by atoms with Gasteiger partial charge in [-0.25, -0.2) is 4.79 Å². The summed E-state index contributed by atoms with van der Waals surface area (Å²) in [4.78, 5) is 14.1. The second-order valence-electron chi connectivity index (χ2n) is 7.51. The normalized spacial score (nSPS) is 15.5. The lowest BCUT2D eigenvalue weighted by atomic mass is 9.76. The number of ether oxygens (including phenoxy) is 1. The average molecular weight is 393 g/mol. The molecule has 0 fully saturated rings. The van der Waals surface area contributed by atoms with Gasteiger partial charge in [0.1, 0.15) is 12.4 Å². The summed E-state index contributed by atoms with van der Waals surface area (Å²) in [5.41, 5.74) is 3.64. The van der Waals surface area contributed by atoms with Gasteiger partial charge in [-0.3, -0.25) is 0 Å². The molecule has 3 rings (SSSR count). The van der Waals surface area contributed by atoms with Crippen LogP contribution in [0.15, 0.2) is 18.2 Å². The molecule has 0 atom stereocenters. The Morgan fingerprint density at radius 1 is 1.35 bits per heavy atom. The van der Waals surface area contributed by atoms with Crippen molar-refractivity contribution in [3.05, 3.63) is 39.8 Å². The number of carboxylic acids is 1. The van der Waals surface area contributed by atoms with Crippen LogP contribution in [0.25, 0.3) is 10.4 Å². The Morgan fingerprint density at radius 2 is 2.12 bits per heavy atom. The van der Waals surface area contributed by atoms with Gasteiger partial charge in [-0.1, -0.05) is 13.8 Å². The first-order valence-electron chi connectivity index (χ1n) is 8.70. The first kappa shape index (κ1) is 19.3. The van der Waals surface area contributed by atoms with Crippen molar-refractivity contribution in [2.24, 2.45) is 5.41 Å². The number of fused-ring (bicyclic) bond motifs is 1. The fraction of sp³-hybridized carbons (Fsp3) is 0.450. The van der Waals surface area contributed by atoms with Crippen LogP contribution < -0.4 is 4.74 Å². The van der Waals surface area contributed by atoms with Crippen molar-refractivity contribution < 1.29 is 18.8 Å². The molecule has 0 saturated heterocycles. The second-order valence-corrected chi connectivity index (χ2v) is 8.88. The maximum Gasteiger partial charge on any atom is 0.337 e. The van der Waals surface area contributed by atoms with Crippen molar-refractivity contribution in [3.8, 4) is 16.2 Å². The van der Waals surface area contributed by atoms with Crippen LogP contribution in [0.5, 0.6) is 5.75 Å². The molecule has 0 unspecified atom stereocenters. The molecule has 1 heterocycles. The number of rotatable bonds is 6. The van der Waals surface area contributed by atoms with Gasteiger partial charge < -0.3 is 14.0 Å². The molecule has 140 valence electrons. The minimum absolute atomic E-state index is 0.150. The van der Waals surface area contributed by atoms with E-state index < -0.39 is 5.97 Å². The van der Waals surface area contributed by atoms with Gasteiger partial charge in [0.25, 0.3) is 0 Å². The highest BCUT2D eigenvalue weighted by molar-refractivity contribution is 7.75. The number of aryl methyl sites for hydroxylation is 2. The quantitative estimate of drug-likeness (QED) is 0.404. The van der Waals surface area contributed by atoms with Gasteiger partial charge in [0.15, 0.2) is 0 Å². The van der Waals surface area contributed by atoms with Crippen molar-refractivity contribution >= 4 is 30.2 Å². The van der Waals surface area contributed by atoms with Gasteiger partial charge in [0.2, 0.25) is 0 Å². The molecule has 1 N–H and O–H groups in total. The summed E-state index contributed by atoms with van der Waals surface area (Å²) < 4.78 is 10.3. The molecule has 0 amide bonds. The SMILES string of the molecule is Cc1cc(OCCOS)ccc1-c1sc2c(c1C(=O)O)CC(C)(C)CC2. The van der Waals surface area contributed by atoms with E-state index >= 15 is 0 Å². The number of thiophene rings is 1. The molecule has 0 aliphatic heterocycles. The number of aromatic carboxylic acids is 1. The van der Waals surface area contributed by atoms with Crippen LogP contribution in [-0.4, -0.2) is 24.3 Å². The fourth-order valence-electron chi connectivity index (χ4n) is 3.51. The number of hydrogen-bond acceptors (Lipinski definition) is 5. The Morgan fingerprint density at radius 3 is 2.77 bits per heavy atom. The molecular formula is C20H24O4S2. The molecule has 0 bridgehead atoms. The van der Waals surface area contributed by atoms with Crippen molar-refractivity contribution in [2.75, 3.05) is 13.2 Å². The van der Waals surface area contributed by atoms with E-state index in [0.29, 0.717) is 18.8 Å². The summed E-state index contributed by atoms with van der Waals surface area (Å²) in [6, 6.07) is 5.79. The van der Waals surface area contributed by atoms with Gasteiger partial charge in [0.05, 0.1) is 12.2 Å². The summed E-state index contributed by atoms with van der Waals surface area (Å²) in [5.74, 6) is -0.0863. The van der Waals surface area contributed by atoms with Gasteiger partial charge in [0, 0.05) is 9.75 Å². The molecule has 1 aromatic carbocycles. The number of carbonyl (C=O) groups is 1. The zero-order chi connectivity index (χ0) is 18.9. The third kappa shape index (κ3) is 3.92. The largest absolute Gasteiger partial charge is 0.491 e. The zero-order valence-electron chi connectivity index (χ0n) is 15.3. The summed E-state index contributed by atoms with van der Waals surface area (Å²) in [5, 5.41) is 9.89. The van der Waals surface area contributed by atoms with Gasteiger partial charge in [-0.15, -0.1) is 11.3 Å². The standard InChI is InChI=1S/C20H24O4S2/c1-12-10-13(23-8-9-24-25)4-5-14(12)18-17(19(21)22)15-11-20(2,3)7-6-16(15)26-18/h4-5,10,25H,6-9,11H2,1-3H3,(H,21,22). The van der Waals surface area contributed by atoms with Gasteiger partial charge in [-0.05, 0) is 79.4 Å². The minimum Gasteiger partial charge on any atom is -0.491 e. The average Bonchev–Trinajstić information content (AvgIpc) is 2.92. The third-order valence-corrected chi connectivity index (χ3v) is 6.38. The van der Waals surface area contributed by atoms with E-state index in [1.165, 1.54) is 4.88 Å². The number of hydrogen-bond donors (Lipinski definition) is 2. The summed E-state index contributed by atoms with van der Waals surface area (Å²) in [7, 11) is 0. The molecular weight excluding hydrogens is 368 g/mol. The molecule has 2 aromatic rings. The van der Waals surface area contributed by atoms with Crippen LogP contribution in [-0.2, 0) is 17.0 Å². The third-order valence-electron chi connectivity index (χ3n) is 4.87. The van der Waals surface area contributed by atoms with Crippen LogP contribution in [0.2, 0.25) is 0 Å². The molecule has 26 heavy (non-hydrogen) atoms. The highest BCUT2D eigenvalue weighted by Gasteiger charge is 2.33. The highest BCUT2D eigenvalue weighted by Crippen LogP contribution is 2.46. The van der Waals surface area contributed by atoms with E-state index in [-0.39, 0.29) is 5.41 Å². The van der Waals surface area contributed by atoms with Gasteiger partial charge in [-0.2, -0.15) is 0 Å². The lowest BCUT2D eigenvalue weighted by Gasteiger charge is -2.29. The molecule has 0 saturated carbocycles. The van der Waals surface area contributed by atoms with Gasteiger partial charge >= 0.3 is 5.97 Å². The second kappa shape index (κ2) is 7.62. The maximum atomic E-state index is 12.1. The smallest absolute Gasteiger partial charge is 0.337 e. The van der Waals surface area contributed by atoms with Crippen molar-refractivity contribution in [2.45, 2.75) is 40.0 Å². The lowest BCUT2D eigenvalue weighted by molar-refractivity contribution is 0.0696. The molecule has 4 nitrogen and oxygen atoms in total. The Kier molecular flexibility index (Phi) is 5.65. The van der Waals surface area contributed by atoms with Crippen molar-refractivity contribution in [1.82, 2.24) is 0 Å². The zero-order valence-corrected chi connectivity index (χ0v) is 17.0. The molecule has 0 radical (unpaired) electrons. The highest BCUT2D eigenvalue weighted by atomic mass is 32.1. The lowest BCUT2D eigenvalue weighted by Crippen LogP contribution is -2.22. The van der Waals surface area contributed by atoms with Crippen LogP contribution in [0, 0.1) is 12.3 Å². The van der Waals surface area contributed by atoms with E-state index in [9.17, 15) is 9.90 Å². The minimum atomic E-state index is -0.833. The Balaban J connectivity index is 1.99. The Bertz CT molecular complexity index is 823. The predicted octanol–water partition coefficient (Wildman–Crippen LogP) is 5.18. The Hall–Kier alpha value is -1.50. The van der Waals surface area contributed by atoms with Crippen LogP contribution >= 0.6 is 24.2 Å². The topological polar surface area (TPSA) is 55.8 Å². The predicted molar refractivity (Wildman–Crippen MR) is 108 cm³/mol. The van der Waals surface area contributed by atoms with E-state index in [0.717, 1.165) is 46.6 Å². The molecule has 1 aromatic heterocycles. The van der Waals surface area contributed by atoms with Crippen LogP contribution in [0.4, 0.5) is 0 Å². The Labute approximate surface area is 163 Å². The summed E-state index contributed by atoms with van der Waals surface area (Å²) in [6.45, 7) is 7.24. The summed E-state index contributed by atoms with van der Waals surface area (Å²) >= 11 is 5.33. The van der Waals surface area contributed by atoms with Crippen LogP contribution in [0.1, 0.15) is 46.6 Å². The van der Waals surface area contributed by atoms with E-state index in [2.05, 4.69) is 26.8 Å². The molecule has 6 heteroatoms. The fourth-order valence-corrected chi connectivity index (χ4v) is 4.99. The number of benzene rings is 1. The van der Waals surface area contributed by atoms with E-state index in [4.69, 9.17) is 8.92 Å². The molecule has 0 spiro atoms. The van der Waals surface area contributed by atoms with E-state index in [1.807, 2.05) is 25.1 Å². The maximum absolute atomic E-state index is 12.1. The number of carboxylic acid groups (broad SMARTS) is 1. The first-order valence-corrected chi connectivity index (χ1v) is 9.88. The number of thiol groups is 1. The van der Waals surface area contributed by atoms with Crippen LogP contribution in [0.3, 0.4) is 0 Å².